The van der Waals surface area contributed by atoms with E-state index < -0.39 is 0 Å². The first-order chi connectivity index (χ1) is 13.5. The molecule has 1 saturated heterocycles. The van der Waals surface area contributed by atoms with Gasteiger partial charge in [0.05, 0.1) is 38.4 Å². The molecule has 152 valence electrons. The average molecular weight is 405 g/mol. The first kappa shape index (κ1) is 20.6. The summed E-state index contributed by atoms with van der Waals surface area (Å²) in [4.78, 5) is 16.9. The van der Waals surface area contributed by atoms with Gasteiger partial charge in [0, 0.05) is 24.5 Å². The molecule has 3 rings (SSSR count). The van der Waals surface area contributed by atoms with Gasteiger partial charge in [0.2, 0.25) is 0 Å². The van der Waals surface area contributed by atoms with Gasteiger partial charge in [0.15, 0.2) is 11.5 Å². The molecule has 1 N–H and O–H groups in total. The molecule has 1 atom stereocenters. The number of thiophene rings is 1. The van der Waals surface area contributed by atoms with Gasteiger partial charge in [-0.1, -0.05) is 6.07 Å². The van der Waals surface area contributed by atoms with Crippen LogP contribution in [-0.2, 0) is 4.74 Å². The molecule has 0 spiro atoms. The molecule has 1 aliphatic rings. The smallest absolute Gasteiger partial charge is 0.261 e. The Balaban J connectivity index is 1.80. The molecule has 6 nitrogen and oxygen atoms in total. The number of hydrogen-bond acceptors (Lipinski definition) is 6. The van der Waals surface area contributed by atoms with E-state index in [9.17, 15) is 4.79 Å². The fourth-order valence-corrected chi connectivity index (χ4v) is 4.32. The van der Waals surface area contributed by atoms with Crippen LogP contribution in [0.2, 0.25) is 0 Å². The number of benzene rings is 1. The van der Waals surface area contributed by atoms with E-state index in [2.05, 4.69) is 10.2 Å². The van der Waals surface area contributed by atoms with Gasteiger partial charge in [-0.25, -0.2) is 0 Å². The average Bonchev–Trinajstić information content (AvgIpc) is 3.07. The molecule has 2 heterocycles. The van der Waals surface area contributed by atoms with Crippen molar-refractivity contribution in [2.45, 2.75) is 19.9 Å². The number of ether oxygens (including phenoxy) is 3. The predicted octanol–water partition coefficient (Wildman–Crippen LogP) is 3.19. The maximum absolute atomic E-state index is 12.7. The molecule has 7 heteroatoms. The fourth-order valence-electron chi connectivity index (χ4n) is 3.37. The lowest BCUT2D eigenvalue weighted by molar-refractivity contribution is 0.0162. The van der Waals surface area contributed by atoms with Crippen LogP contribution >= 0.6 is 11.3 Å². The van der Waals surface area contributed by atoms with E-state index in [1.807, 2.05) is 38.1 Å². The van der Waals surface area contributed by atoms with Crippen LogP contribution in [0.4, 0.5) is 0 Å². The molecule has 1 aliphatic heterocycles. The third-order valence-corrected chi connectivity index (χ3v) is 6.28. The molecule has 1 aromatic carbocycles. The SMILES string of the molecule is COc1ccc(C(CNC(=O)c2cc(C)c(C)s2)N2CCOCC2)cc1OC. The highest BCUT2D eigenvalue weighted by Crippen LogP contribution is 2.32. The molecule has 0 bridgehead atoms. The second kappa shape index (κ2) is 9.41. The number of rotatable bonds is 7. The largest absolute Gasteiger partial charge is 0.493 e. The summed E-state index contributed by atoms with van der Waals surface area (Å²) in [6, 6.07) is 7.93. The number of nitrogens with one attached hydrogen (secondary N) is 1. The Morgan fingerprint density at radius 1 is 1.18 bits per heavy atom. The van der Waals surface area contributed by atoms with Gasteiger partial charge in [-0.05, 0) is 43.2 Å². The molecule has 28 heavy (non-hydrogen) atoms. The van der Waals surface area contributed by atoms with E-state index in [1.165, 1.54) is 16.2 Å². The summed E-state index contributed by atoms with van der Waals surface area (Å²) < 4.78 is 16.3. The van der Waals surface area contributed by atoms with Gasteiger partial charge in [-0.15, -0.1) is 11.3 Å². The van der Waals surface area contributed by atoms with E-state index >= 15 is 0 Å². The number of hydrogen-bond donors (Lipinski definition) is 1. The summed E-state index contributed by atoms with van der Waals surface area (Å²) >= 11 is 1.53. The number of amides is 1. The zero-order valence-corrected chi connectivity index (χ0v) is 17.7. The quantitative estimate of drug-likeness (QED) is 0.768. The van der Waals surface area contributed by atoms with Crippen molar-refractivity contribution in [3.05, 3.63) is 45.1 Å². The van der Waals surface area contributed by atoms with Crippen LogP contribution in [0.15, 0.2) is 24.3 Å². The maximum Gasteiger partial charge on any atom is 0.261 e. The van der Waals surface area contributed by atoms with Crippen molar-refractivity contribution >= 4 is 17.2 Å². The van der Waals surface area contributed by atoms with Crippen LogP contribution < -0.4 is 14.8 Å². The summed E-state index contributed by atoms with van der Waals surface area (Å²) in [5.74, 6) is 1.36. The minimum absolute atomic E-state index is 0.0278. The van der Waals surface area contributed by atoms with Crippen molar-refractivity contribution in [3.8, 4) is 11.5 Å². The van der Waals surface area contributed by atoms with Crippen LogP contribution in [-0.4, -0.2) is 57.9 Å². The lowest BCUT2D eigenvalue weighted by Crippen LogP contribution is -2.43. The van der Waals surface area contributed by atoms with E-state index in [-0.39, 0.29) is 11.9 Å². The minimum Gasteiger partial charge on any atom is -0.493 e. The molecule has 1 aromatic heterocycles. The maximum atomic E-state index is 12.7. The monoisotopic (exact) mass is 404 g/mol. The number of carbonyl (C=O) groups is 1. The highest BCUT2D eigenvalue weighted by atomic mass is 32.1. The molecular weight excluding hydrogens is 376 g/mol. The number of carbonyl (C=O) groups excluding carboxylic acids is 1. The third-order valence-electron chi connectivity index (χ3n) is 5.12. The topological polar surface area (TPSA) is 60.0 Å². The Morgan fingerprint density at radius 2 is 1.89 bits per heavy atom. The summed E-state index contributed by atoms with van der Waals surface area (Å²) in [6.07, 6.45) is 0. The van der Waals surface area contributed by atoms with Crippen molar-refractivity contribution in [3.63, 3.8) is 0 Å². The summed E-state index contributed by atoms with van der Waals surface area (Å²) in [6.45, 7) is 7.63. The number of aryl methyl sites for hydroxylation is 2. The fraction of sp³-hybridized carbons (Fsp3) is 0.476. The van der Waals surface area contributed by atoms with Crippen LogP contribution in [0.25, 0.3) is 0 Å². The Morgan fingerprint density at radius 3 is 2.50 bits per heavy atom. The number of methoxy groups -OCH3 is 2. The lowest BCUT2D eigenvalue weighted by atomic mass is 10.0. The Hall–Kier alpha value is -2.09. The van der Waals surface area contributed by atoms with Gasteiger partial charge in [0.25, 0.3) is 5.91 Å². The molecule has 0 aliphatic carbocycles. The van der Waals surface area contributed by atoms with Gasteiger partial charge in [0.1, 0.15) is 0 Å². The lowest BCUT2D eigenvalue weighted by Gasteiger charge is -2.35. The summed E-state index contributed by atoms with van der Waals surface area (Å²) in [7, 11) is 3.26. The van der Waals surface area contributed by atoms with E-state index in [0.717, 1.165) is 29.1 Å². The molecule has 1 fully saturated rings. The van der Waals surface area contributed by atoms with E-state index in [0.29, 0.717) is 31.3 Å². The van der Waals surface area contributed by atoms with Crippen molar-refractivity contribution < 1.29 is 19.0 Å². The minimum atomic E-state index is -0.0278. The molecule has 1 unspecified atom stereocenters. The van der Waals surface area contributed by atoms with Crippen molar-refractivity contribution in [2.24, 2.45) is 0 Å². The zero-order chi connectivity index (χ0) is 20.1. The third kappa shape index (κ3) is 4.66. The highest BCUT2D eigenvalue weighted by molar-refractivity contribution is 7.14. The van der Waals surface area contributed by atoms with Gasteiger partial charge in [-0.3, -0.25) is 9.69 Å². The Labute approximate surface area is 170 Å². The Bertz CT molecular complexity index is 795. The Kier molecular flexibility index (Phi) is 6.93. The first-order valence-corrected chi connectivity index (χ1v) is 10.2. The normalized spacial score (nSPS) is 15.9. The number of morpholine rings is 1. The van der Waals surface area contributed by atoms with Crippen LogP contribution in [0.5, 0.6) is 11.5 Å². The van der Waals surface area contributed by atoms with Gasteiger partial charge < -0.3 is 19.5 Å². The molecule has 2 aromatic rings. The summed E-state index contributed by atoms with van der Waals surface area (Å²) in [5, 5.41) is 3.12. The number of nitrogens with zero attached hydrogens (tertiary/aromatic N) is 1. The van der Waals surface area contributed by atoms with Crippen LogP contribution in [0, 0.1) is 13.8 Å². The van der Waals surface area contributed by atoms with Crippen LogP contribution in [0.1, 0.15) is 31.7 Å². The second-order valence-electron chi connectivity index (χ2n) is 6.84. The van der Waals surface area contributed by atoms with Crippen LogP contribution in [0.3, 0.4) is 0 Å². The van der Waals surface area contributed by atoms with Crippen molar-refractivity contribution in [1.82, 2.24) is 10.2 Å². The zero-order valence-electron chi connectivity index (χ0n) is 16.9. The molecule has 1 amide bonds. The second-order valence-corrected chi connectivity index (χ2v) is 8.09. The van der Waals surface area contributed by atoms with Gasteiger partial charge in [-0.2, -0.15) is 0 Å². The standard InChI is InChI=1S/C21H28N2O4S/c1-14-11-20(28-15(14)2)21(24)22-13-17(23-7-9-27-10-8-23)16-5-6-18(25-3)19(12-16)26-4/h5-6,11-12,17H,7-10,13H2,1-4H3,(H,22,24). The highest BCUT2D eigenvalue weighted by Gasteiger charge is 2.25. The van der Waals surface area contributed by atoms with Gasteiger partial charge >= 0.3 is 0 Å². The molecule has 0 saturated carbocycles. The molecule has 0 radical (unpaired) electrons. The predicted molar refractivity (Wildman–Crippen MR) is 111 cm³/mol. The van der Waals surface area contributed by atoms with Crippen molar-refractivity contribution in [1.29, 1.82) is 0 Å². The van der Waals surface area contributed by atoms with E-state index in [1.54, 1.807) is 14.2 Å². The summed E-state index contributed by atoms with van der Waals surface area (Å²) in [5.41, 5.74) is 2.23. The van der Waals surface area contributed by atoms with E-state index in [4.69, 9.17) is 14.2 Å². The first-order valence-electron chi connectivity index (χ1n) is 9.42. The van der Waals surface area contributed by atoms with Crippen molar-refractivity contribution in [2.75, 3.05) is 47.1 Å². The molecular formula is C21H28N2O4S.